The van der Waals surface area contributed by atoms with Crippen molar-refractivity contribution in [1.29, 1.82) is 0 Å². The van der Waals surface area contributed by atoms with Crippen LogP contribution in [0.5, 0.6) is 0 Å². The number of nitrogens with zero attached hydrogens (tertiary/aromatic N) is 7. The highest BCUT2D eigenvalue weighted by atomic mass is 32.2. The van der Waals surface area contributed by atoms with E-state index in [1.165, 1.54) is 17.5 Å². The molecule has 0 aliphatic carbocycles. The molecule has 0 spiro atoms. The molecular weight excluding hydrogens is 829 g/mol. The van der Waals surface area contributed by atoms with Crippen LogP contribution in [0.4, 0.5) is 22.3 Å². The zero-order valence-electron chi connectivity index (χ0n) is 32.1. The Balaban J connectivity index is 0.934. The molecule has 6 aromatic rings. The van der Waals surface area contributed by atoms with E-state index in [1.54, 1.807) is 46.9 Å². The molecule has 60 heavy (non-hydrogen) atoms. The number of ether oxygens (including phenoxy) is 1. The van der Waals surface area contributed by atoms with Crippen LogP contribution in [0.2, 0.25) is 0 Å². The van der Waals surface area contributed by atoms with Gasteiger partial charge in [-0.15, -0.1) is 23.1 Å². The summed E-state index contributed by atoms with van der Waals surface area (Å²) in [6.45, 7) is 4.54. The Labute approximate surface area is 353 Å². The van der Waals surface area contributed by atoms with Crippen molar-refractivity contribution in [2.45, 2.75) is 35.2 Å². The molecule has 5 heterocycles. The van der Waals surface area contributed by atoms with Crippen molar-refractivity contribution in [2.75, 3.05) is 60.7 Å². The summed E-state index contributed by atoms with van der Waals surface area (Å²) < 4.78 is 36.1. The van der Waals surface area contributed by atoms with Crippen molar-refractivity contribution >= 4 is 72.9 Å². The monoisotopic (exact) mass is 868 g/mol. The van der Waals surface area contributed by atoms with E-state index < -0.39 is 31.4 Å². The highest BCUT2D eigenvalue weighted by Crippen LogP contribution is 2.32. The fourth-order valence-electron chi connectivity index (χ4n) is 7.02. The Morgan fingerprint density at radius 2 is 1.82 bits per heavy atom. The van der Waals surface area contributed by atoms with Crippen molar-refractivity contribution in [3.8, 4) is 0 Å². The van der Waals surface area contributed by atoms with Gasteiger partial charge >= 0.3 is 0 Å². The number of hydrogen-bond acceptors (Lipinski definition) is 15. The van der Waals surface area contributed by atoms with Gasteiger partial charge in [0.1, 0.15) is 11.4 Å². The molecule has 1 saturated heterocycles. The smallest absolute Gasteiger partial charge is 0.293 e. The maximum atomic E-state index is 13.5. The van der Waals surface area contributed by atoms with Gasteiger partial charge in [0.05, 0.1) is 29.2 Å². The second kappa shape index (κ2) is 18.1. The molecule has 2 aliphatic rings. The Kier molecular flexibility index (Phi) is 12.3. The third kappa shape index (κ3) is 9.58. The molecule has 17 nitrogen and oxygen atoms in total. The number of carbonyl (C=O) groups excluding carboxylic acids is 2. The van der Waals surface area contributed by atoms with Crippen LogP contribution in [-0.2, 0) is 27.7 Å². The van der Waals surface area contributed by atoms with Crippen LogP contribution in [0.25, 0.3) is 5.65 Å². The molecule has 3 N–H and O–H groups in total. The number of fused-ring (bicyclic) bond motifs is 2. The number of anilines is 3. The predicted octanol–water partition coefficient (Wildman–Crippen LogP) is 5.32. The number of thioether (sulfide) groups is 1. The van der Waals surface area contributed by atoms with Gasteiger partial charge in [0.15, 0.2) is 16.6 Å². The molecule has 310 valence electrons. The minimum absolute atomic E-state index is 0.136. The van der Waals surface area contributed by atoms with Gasteiger partial charge in [0.2, 0.25) is 0 Å². The minimum Gasteiger partial charge on any atom is -0.379 e. The summed E-state index contributed by atoms with van der Waals surface area (Å²) in [6, 6.07) is 22.3. The van der Waals surface area contributed by atoms with Crippen molar-refractivity contribution < 1.29 is 27.7 Å². The van der Waals surface area contributed by atoms with Crippen molar-refractivity contribution in [2.24, 2.45) is 0 Å². The normalized spacial score (nSPS) is 15.0. The lowest BCUT2D eigenvalue weighted by atomic mass is 9.94. The molecule has 0 saturated carbocycles. The molecule has 2 amide bonds. The second-order valence-electron chi connectivity index (χ2n) is 14.1. The van der Waals surface area contributed by atoms with E-state index >= 15 is 0 Å². The molecule has 1 atom stereocenters. The first-order valence-electron chi connectivity index (χ1n) is 19.1. The average molecular weight is 869 g/mol. The van der Waals surface area contributed by atoms with E-state index in [1.807, 2.05) is 52.1 Å². The fraction of sp³-hybridized carbons (Fsp3) is 0.275. The zero-order chi connectivity index (χ0) is 41.6. The molecule has 1 fully saturated rings. The van der Waals surface area contributed by atoms with Gasteiger partial charge in [0, 0.05) is 72.6 Å². The largest absolute Gasteiger partial charge is 0.379 e. The van der Waals surface area contributed by atoms with Gasteiger partial charge < -0.3 is 20.3 Å². The quantitative estimate of drug-likeness (QED) is 0.0679. The number of thiazole rings is 1. The number of hydrogen-bond donors (Lipinski definition) is 3. The van der Waals surface area contributed by atoms with E-state index in [4.69, 9.17) is 4.74 Å². The van der Waals surface area contributed by atoms with Crippen molar-refractivity contribution in [3.63, 3.8) is 0 Å². The average Bonchev–Trinajstić information content (AvgIpc) is 3.93. The molecule has 8 rings (SSSR count). The summed E-state index contributed by atoms with van der Waals surface area (Å²) in [5, 5.41) is 24.6. The molecular formula is C40H40N10O7S3. The summed E-state index contributed by atoms with van der Waals surface area (Å²) in [5.74, 6) is -0.354. The third-order valence-corrected chi connectivity index (χ3v) is 13.6. The van der Waals surface area contributed by atoms with Crippen molar-refractivity contribution in [1.82, 2.24) is 29.2 Å². The van der Waals surface area contributed by atoms with Crippen LogP contribution in [0, 0.1) is 10.1 Å². The number of rotatable bonds is 15. The first kappa shape index (κ1) is 40.8. The minimum atomic E-state index is -4.54. The summed E-state index contributed by atoms with van der Waals surface area (Å²) in [7, 11) is -4.54. The number of nitro benzene ring substituents is 1. The van der Waals surface area contributed by atoms with Crippen LogP contribution in [0.1, 0.15) is 38.4 Å². The van der Waals surface area contributed by atoms with Crippen molar-refractivity contribution in [3.05, 3.63) is 129 Å². The van der Waals surface area contributed by atoms with E-state index in [2.05, 4.69) is 30.6 Å². The first-order valence-corrected chi connectivity index (χ1v) is 22.5. The number of carbonyl (C=O) groups is 2. The predicted molar refractivity (Wildman–Crippen MR) is 228 cm³/mol. The Morgan fingerprint density at radius 1 is 0.983 bits per heavy atom. The number of nitro groups is 1. The maximum absolute atomic E-state index is 13.5. The number of benzene rings is 3. The van der Waals surface area contributed by atoms with Crippen LogP contribution in [0.3, 0.4) is 0 Å². The number of sulfonamides is 1. The second-order valence-corrected chi connectivity index (χ2v) is 17.7. The van der Waals surface area contributed by atoms with Crippen LogP contribution >= 0.6 is 23.1 Å². The summed E-state index contributed by atoms with van der Waals surface area (Å²) in [6.07, 6.45) is 4.54. The number of aromatic nitrogens is 4. The molecule has 0 bridgehead atoms. The van der Waals surface area contributed by atoms with E-state index in [9.17, 15) is 28.1 Å². The lowest BCUT2D eigenvalue weighted by Gasteiger charge is -2.29. The summed E-state index contributed by atoms with van der Waals surface area (Å²) in [5.41, 5.74) is 2.45. The Morgan fingerprint density at radius 3 is 2.62 bits per heavy atom. The fourth-order valence-corrected chi connectivity index (χ4v) is 9.83. The standard InChI is InChI=1S/C40H40N10O7S3/c51-38(45-36-24-49-37(44-36)10-5-15-41-49)31-9-4-6-27-13-17-48(23-32(27)31)40-43-34(26-59-40)39(52)46-60(55,56)30-11-12-33(35(22-30)50(53)54)42-28(14-16-47-18-20-57-21-19-47)25-58-29-7-2-1-3-8-29/h1-12,15,22,24,26,28,42H,13-14,16-21,23,25H2,(H,45,51)(H,46,52)/t28-/m1/s1. The molecule has 20 heteroatoms. The molecule has 0 unspecified atom stereocenters. The highest BCUT2D eigenvalue weighted by Gasteiger charge is 2.28. The SMILES string of the molecule is O=C(NS(=O)(=O)c1ccc(N[C@H](CCN2CCOCC2)CSc2ccccc2)c([N+](=O)[O-])c1)c1csc(N2CCc3cccc(C(=O)Nc4cn5ncccc5n4)c3C2)n1. The Hall–Kier alpha value is -5.93. The van der Waals surface area contributed by atoms with Crippen LogP contribution in [-0.4, -0.2) is 101 Å². The van der Waals surface area contributed by atoms with Gasteiger partial charge in [-0.1, -0.05) is 30.3 Å². The Bertz CT molecular complexity index is 2600. The number of nitrogens with one attached hydrogen (secondary N) is 3. The lowest BCUT2D eigenvalue weighted by molar-refractivity contribution is -0.384. The van der Waals surface area contributed by atoms with Gasteiger partial charge in [-0.2, -0.15) is 5.10 Å². The summed E-state index contributed by atoms with van der Waals surface area (Å²) in [4.78, 5) is 52.2. The number of imidazole rings is 1. The molecule has 0 radical (unpaired) electrons. The van der Waals surface area contributed by atoms with E-state index in [0.29, 0.717) is 67.1 Å². The zero-order valence-corrected chi connectivity index (χ0v) is 34.5. The first-order chi connectivity index (χ1) is 29.1. The maximum Gasteiger partial charge on any atom is 0.293 e. The number of morpholine rings is 1. The molecule has 3 aromatic heterocycles. The lowest BCUT2D eigenvalue weighted by Crippen LogP contribution is -2.39. The molecule has 2 aliphatic heterocycles. The van der Waals surface area contributed by atoms with Gasteiger partial charge in [-0.05, 0) is 66.4 Å². The van der Waals surface area contributed by atoms with E-state index in [-0.39, 0.29) is 23.3 Å². The number of amides is 2. The van der Waals surface area contributed by atoms with E-state index in [0.717, 1.165) is 53.1 Å². The topological polar surface area (TPSA) is 206 Å². The van der Waals surface area contributed by atoms with Crippen LogP contribution in [0.15, 0.2) is 106 Å². The third-order valence-electron chi connectivity index (χ3n) is 10.1. The van der Waals surface area contributed by atoms with Gasteiger partial charge in [-0.25, -0.2) is 27.6 Å². The van der Waals surface area contributed by atoms with Gasteiger partial charge in [0.25, 0.3) is 27.5 Å². The highest BCUT2D eigenvalue weighted by molar-refractivity contribution is 7.99. The van der Waals surface area contributed by atoms with Gasteiger partial charge in [-0.3, -0.25) is 24.6 Å². The van der Waals surface area contributed by atoms with Crippen LogP contribution < -0.4 is 20.3 Å². The molecule has 3 aromatic carbocycles. The summed E-state index contributed by atoms with van der Waals surface area (Å²) >= 11 is 2.78.